The molecule has 0 spiro atoms. The van der Waals surface area contributed by atoms with Crippen LogP contribution >= 0.6 is 11.6 Å². The summed E-state index contributed by atoms with van der Waals surface area (Å²) in [6, 6.07) is 16.4. The van der Waals surface area contributed by atoms with E-state index in [0.717, 1.165) is 11.1 Å². The highest BCUT2D eigenvalue weighted by Crippen LogP contribution is 2.29. The van der Waals surface area contributed by atoms with E-state index in [1.165, 1.54) is 0 Å². The maximum Gasteiger partial charge on any atom is 0.0964 e. The molecule has 1 nitrogen and oxygen atoms in total. The lowest BCUT2D eigenvalue weighted by atomic mass is 9.92. The van der Waals surface area contributed by atoms with Gasteiger partial charge < -0.3 is 5.11 Å². The van der Waals surface area contributed by atoms with Gasteiger partial charge >= 0.3 is 0 Å². The maximum atomic E-state index is 13.2. The van der Waals surface area contributed by atoms with Gasteiger partial charge in [0.1, 0.15) is 0 Å². The molecule has 2 aromatic rings. The van der Waals surface area contributed by atoms with Gasteiger partial charge in [0.15, 0.2) is 0 Å². The van der Waals surface area contributed by atoms with E-state index in [1.807, 2.05) is 42.5 Å². The summed E-state index contributed by atoms with van der Waals surface area (Å²) in [5.41, 5.74) is 1.68. The predicted molar refractivity (Wildman–Crippen MR) is 76.2 cm³/mol. The highest BCUT2D eigenvalue weighted by molar-refractivity contribution is 6.30. The van der Waals surface area contributed by atoms with E-state index in [9.17, 15) is 9.50 Å². The van der Waals surface area contributed by atoms with Crippen LogP contribution in [0.3, 0.4) is 0 Å². The van der Waals surface area contributed by atoms with Gasteiger partial charge in [0, 0.05) is 10.9 Å². The minimum Gasteiger partial charge on any atom is -0.388 e. The summed E-state index contributed by atoms with van der Waals surface area (Å²) in [5, 5.41) is 10.8. The fraction of sp³-hybridized carbons (Fsp3) is 0.250. The Labute approximate surface area is 117 Å². The number of hydrogen-bond donors (Lipinski definition) is 1. The van der Waals surface area contributed by atoms with Gasteiger partial charge in [-0.1, -0.05) is 54.1 Å². The molecule has 0 aliphatic heterocycles. The molecule has 19 heavy (non-hydrogen) atoms. The molecule has 0 aliphatic rings. The summed E-state index contributed by atoms with van der Waals surface area (Å²) in [4.78, 5) is 0. The van der Waals surface area contributed by atoms with Crippen LogP contribution in [0.1, 0.15) is 29.6 Å². The fourth-order valence-corrected chi connectivity index (χ4v) is 2.23. The molecule has 0 aliphatic carbocycles. The number of aliphatic hydroxyl groups is 1. The molecule has 2 atom stereocenters. The normalized spacial score (nSPS) is 14.1. The van der Waals surface area contributed by atoms with Crippen LogP contribution in [0.25, 0.3) is 0 Å². The van der Waals surface area contributed by atoms with Crippen molar-refractivity contribution < 1.29 is 9.50 Å². The van der Waals surface area contributed by atoms with Crippen molar-refractivity contribution in [3.8, 4) is 0 Å². The zero-order valence-electron chi connectivity index (χ0n) is 10.5. The molecule has 0 bridgehead atoms. The largest absolute Gasteiger partial charge is 0.388 e. The molecule has 0 saturated heterocycles. The second kappa shape index (κ2) is 6.69. The lowest BCUT2D eigenvalue weighted by Gasteiger charge is -2.18. The lowest BCUT2D eigenvalue weighted by molar-refractivity contribution is 0.151. The van der Waals surface area contributed by atoms with Gasteiger partial charge in [-0.05, 0) is 29.7 Å². The molecule has 0 heterocycles. The third kappa shape index (κ3) is 3.79. The van der Waals surface area contributed by atoms with E-state index in [2.05, 4.69) is 0 Å². The summed E-state index contributed by atoms with van der Waals surface area (Å²) in [5.74, 6) is -0.313. The van der Waals surface area contributed by atoms with Crippen molar-refractivity contribution in [1.82, 2.24) is 0 Å². The molecular weight excluding hydrogens is 263 g/mol. The van der Waals surface area contributed by atoms with Crippen LogP contribution in [0.2, 0.25) is 5.02 Å². The Bertz CT molecular complexity index is 498. The third-order valence-corrected chi connectivity index (χ3v) is 3.47. The Hall–Kier alpha value is -1.38. The van der Waals surface area contributed by atoms with Gasteiger partial charge in [-0.3, -0.25) is 4.39 Å². The maximum absolute atomic E-state index is 13.2. The Balaban J connectivity index is 2.09. The Kier molecular flexibility index (Phi) is 4.94. The Morgan fingerprint density at radius 1 is 0.947 bits per heavy atom. The second-order valence-electron chi connectivity index (χ2n) is 4.56. The van der Waals surface area contributed by atoms with Crippen LogP contribution in [-0.2, 0) is 0 Å². The van der Waals surface area contributed by atoms with Gasteiger partial charge in [0.05, 0.1) is 12.8 Å². The standard InChI is InChI=1S/C16H16ClFO/c17-15-8-6-12(7-9-15)14(11-18)10-16(19)13-4-2-1-3-5-13/h1-9,14,16,19H,10-11H2. The number of halogens is 2. The van der Waals surface area contributed by atoms with Crippen molar-refractivity contribution in [2.75, 3.05) is 6.67 Å². The molecule has 0 amide bonds. The summed E-state index contributed by atoms with van der Waals surface area (Å²) in [6.07, 6.45) is -0.292. The molecule has 0 saturated carbocycles. The van der Waals surface area contributed by atoms with Crippen molar-refractivity contribution in [1.29, 1.82) is 0 Å². The van der Waals surface area contributed by atoms with E-state index in [1.54, 1.807) is 12.1 Å². The molecule has 3 heteroatoms. The zero-order valence-corrected chi connectivity index (χ0v) is 11.2. The van der Waals surface area contributed by atoms with Gasteiger partial charge in [-0.25, -0.2) is 0 Å². The molecule has 2 aromatic carbocycles. The SMILES string of the molecule is OC(CC(CF)c1ccc(Cl)cc1)c1ccccc1. The van der Waals surface area contributed by atoms with Crippen LogP contribution in [0.4, 0.5) is 4.39 Å². The third-order valence-electron chi connectivity index (χ3n) is 3.22. The minimum atomic E-state index is -0.655. The molecule has 0 fully saturated rings. The predicted octanol–water partition coefficient (Wildman–Crippen LogP) is 4.52. The first-order chi connectivity index (χ1) is 9.20. The summed E-state index contributed by atoms with van der Waals surface area (Å²) >= 11 is 5.82. The van der Waals surface area contributed by atoms with Crippen LogP contribution < -0.4 is 0 Å². The highest BCUT2D eigenvalue weighted by atomic mass is 35.5. The smallest absolute Gasteiger partial charge is 0.0964 e. The number of hydrogen-bond acceptors (Lipinski definition) is 1. The topological polar surface area (TPSA) is 20.2 Å². The van der Waals surface area contributed by atoms with Gasteiger partial charge in [-0.15, -0.1) is 0 Å². The first-order valence-corrected chi connectivity index (χ1v) is 6.63. The van der Waals surface area contributed by atoms with Gasteiger partial charge in [0.25, 0.3) is 0 Å². The van der Waals surface area contributed by atoms with E-state index >= 15 is 0 Å². The van der Waals surface area contributed by atoms with Crippen molar-refractivity contribution in [3.63, 3.8) is 0 Å². The van der Waals surface area contributed by atoms with Crippen molar-refractivity contribution in [3.05, 3.63) is 70.7 Å². The Morgan fingerprint density at radius 2 is 1.58 bits per heavy atom. The van der Waals surface area contributed by atoms with Crippen LogP contribution in [0.15, 0.2) is 54.6 Å². The van der Waals surface area contributed by atoms with Crippen LogP contribution in [0.5, 0.6) is 0 Å². The molecular formula is C16H16ClFO. The highest BCUT2D eigenvalue weighted by Gasteiger charge is 2.17. The number of benzene rings is 2. The van der Waals surface area contributed by atoms with E-state index in [4.69, 9.17) is 11.6 Å². The van der Waals surface area contributed by atoms with Crippen LogP contribution in [-0.4, -0.2) is 11.8 Å². The zero-order chi connectivity index (χ0) is 13.7. The first-order valence-electron chi connectivity index (χ1n) is 6.25. The van der Waals surface area contributed by atoms with Crippen LogP contribution in [0, 0.1) is 0 Å². The molecule has 0 radical (unpaired) electrons. The summed E-state index contributed by atoms with van der Waals surface area (Å²) in [7, 11) is 0. The van der Waals surface area contributed by atoms with Crippen molar-refractivity contribution in [2.24, 2.45) is 0 Å². The van der Waals surface area contributed by atoms with E-state index < -0.39 is 12.8 Å². The monoisotopic (exact) mass is 278 g/mol. The van der Waals surface area contributed by atoms with E-state index in [-0.39, 0.29) is 5.92 Å². The number of aliphatic hydroxyl groups excluding tert-OH is 1. The lowest BCUT2D eigenvalue weighted by Crippen LogP contribution is -2.08. The Morgan fingerprint density at radius 3 is 2.16 bits per heavy atom. The number of rotatable bonds is 5. The first kappa shape index (κ1) is 14.0. The van der Waals surface area contributed by atoms with Crippen molar-refractivity contribution in [2.45, 2.75) is 18.4 Å². The quantitative estimate of drug-likeness (QED) is 0.853. The number of alkyl halides is 1. The van der Waals surface area contributed by atoms with Gasteiger partial charge in [0.2, 0.25) is 0 Å². The minimum absolute atomic E-state index is 0.313. The summed E-state index contributed by atoms with van der Waals surface area (Å²) in [6.45, 7) is -0.495. The average molecular weight is 279 g/mol. The van der Waals surface area contributed by atoms with E-state index in [0.29, 0.717) is 11.4 Å². The molecule has 2 unspecified atom stereocenters. The molecule has 2 rings (SSSR count). The molecule has 100 valence electrons. The fourth-order valence-electron chi connectivity index (χ4n) is 2.10. The second-order valence-corrected chi connectivity index (χ2v) is 5.00. The van der Waals surface area contributed by atoms with Gasteiger partial charge in [-0.2, -0.15) is 0 Å². The van der Waals surface area contributed by atoms with Crippen molar-refractivity contribution >= 4 is 11.6 Å². The average Bonchev–Trinajstić information content (AvgIpc) is 2.46. The molecule has 0 aromatic heterocycles. The summed E-state index contributed by atoms with van der Waals surface area (Å²) < 4.78 is 13.2. The molecule has 1 N–H and O–H groups in total.